The smallest absolute Gasteiger partial charge is 0.313 e. The van der Waals surface area contributed by atoms with Crippen molar-refractivity contribution < 1.29 is 29.0 Å². The number of rotatable bonds is 6. The largest absolute Gasteiger partial charge is 0.461 e. The third kappa shape index (κ3) is 3.75. The molecule has 0 bridgehead atoms. The molecule has 1 N–H and O–H groups in total. The SMILES string of the molecule is CC[C@H](C)[C@H](CO)N1C(=O)[C@@H]2[C@@H]3C(=O)OCC=C[C@]3(CC)O[C@@]23C=CCN(c2ccc(Cl)cc2)C(=O)C13. The lowest BCUT2D eigenvalue weighted by Crippen LogP contribution is -2.60. The molecule has 8 nitrogen and oxygen atoms in total. The number of amides is 2. The van der Waals surface area contributed by atoms with Crippen LogP contribution in [0.5, 0.6) is 0 Å². The molecule has 2 amide bonds. The number of carbonyl (C=O) groups excluding carboxylic acids is 3. The zero-order chi connectivity index (χ0) is 26.5. The van der Waals surface area contributed by atoms with Crippen molar-refractivity contribution in [2.45, 2.75) is 56.9 Å². The lowest BCUT2D eigenvalue weighted by atomic mass is 9.73. The summed E-state index contributed by atoms with van der Waals surface area (Å²) in [4.78, 5) is 45.3. The van der Waals surface area contributed by atoms with Crippen LogP contribution in [0.3, 0.4) is 0 Å². The van der Waals surface area contributed by atoms with Gasteiger partial charge in [0.2, 0.25) is 5.91 Å². The van der Waals surface area contributed by atoms with Crippen LogP contribution in [0.1, 0.15) is 33.6 Å². The van der Waals surface area contributed by atoms with E-state index in [2.05, 4.69) is 0 Å². The van der Waals surface area contributed by atoms with E-state index in [4.69, 9.17) is 21.1 Å². The number of carbonyl (C=O) groups is 3. The summed E-state index contributed by atoms with van der Waals surface area (Å²) >= 11 is 6.09. The monoisotopic (exact) mass is 528 g/mol. The van der Waals surface area contributed by atoms with Crippen molar-refractivity contribution in [1.29, 1.82) is 0 Å². The Hall–Kier alpha value is -2.68. The Labute approximate surface area is 221 Å². The van der Waals surface area contributed by atoms with E-state index in [-0.39, 0.29) is 37.5 Å². The normalized spacial score (nSPS) is 34.4. The third-order valence-corrected chi connectivity index (χ3v) is 8.87. The van der Waals surface area contributed by atoms with Gasteiger partial charge in [0, 0.05) is 17.3 Å². The average molecular weight is 529 g/mol. The number of esters is 1. The molecule has 1 unspecified atom stereocenters. The predicted octanol–water partition coefficient (Wildman–Crippen LogP) is 3.12. The second-order valence-electron chi connectivity index (χ2n) is 10.4. The fraction of sp³-hybridized carbons (Fsp3) is 0.536. The molecule has 0 aliphatic carbocycles. The summed E-state index contributed by atoms with van der Waals surface area (Å²) in [5.41, 5.74) is -1.84. The Kier molecular flexibility index (Phi) is 6.71. The van der Waals surface area contributed by atoms with Crippen molar-refractivity contribution in [2.75, 3.05) is 24.7 Å². The van der Waals surface area contributed by atoms with Crippen LogP contribution in [0.2, 0.25) is 5.02 Å². The van der Waals surface area contributed by atoms with E-state index >= 15 is 0 Å². The van der Waals surface area contributed by atoms with Gasteiger partial charge in [-0.2, -0.15) is 0 Å². The molecule has 1 spiro atoms. The van der Waals surface area contributed by atoms with Crippen LogP contribution in [-0.2, 0) is 23.9 Å². The summed E-state index contributed by atoms with van der Waals surface area (Å²) in [5.74, 6) is -3.17. The second-order valence-corrected chi connectivity index (χ2v) is 10.8. The Morgan fingerprint density at radius 1 is 1.08 bits per heavy atom. The fourth-order valence-corrected chi connectivity index (χ4v) is 6.69. The standard InChI is InChI=1S/C28H33ClN2O6/c1-4-17(3)20(16-32)31-23-25(34)30(19-10-8-18(29)9-11-19)14-6-13-28(23)21(24(31)33)22-26(35)36-15-7-12-27(22,5-2)37-28/h6-13,17,20-23,32H,4-5,14-16H2,1-3H3/t17-,20-,21-,22+,23?,27-,28-/m0/s1. The highest BCUT2D eigenvalue weighted by Gasteiger charge is 2.76. The highest BCUT2D eigenvalue weighted by atomic mass is 35.5. The van der Waals surface area contributed by atoms with Gasteiger partial charge in [-0.15, -0.1) is 0 Å². The maximum absolute atomic E-state index is 14.4. The lowest BCUT2D eigenvalue weighted by Gasteiger charge is -2.42. The fourth-order valence-electron chi connectivity index (χ4n) is 6.56. The van der Waals surface area contributed by atoms with E-state index in [1.165, 1.54) is 4.90 Å². The van der Waals surface area contributed by atoms with Crippen molar-refractivity contribution in [2.24, 2.45) is 17.8 Å². The molecule has 4 aliphatic heterocycles. The zero-order valence-corrected chi connectivity index (χ0v) is 22.1. The van der Waals surface area contributed by atoms with E-state index in [1.54, 1.807) is 41.3 Å². The quantitative estimate of drug-likeness (QED) is 0.450. The van der Waals surface area contributed by atoms with Gasteiger partial charge in [0.25, 0.3) is 5.91 Å². The highest BCUT2D eigenvalue weighted by molar-refractivity contribution is 6.30. The molecule has 9 heteroatoms. The molecule has 0 saturated carbocycles. The van der Waals surface area contributed by atoms with Crippen LogP contribution in [0, 0.1) is 17.8 Å². The van der Waals surface area contributed by atoms with Crippen molar-refractivity contribution in [1.82, 2.24) is 4.90 Å². The topological polar surface area (TPSA) is 96.4 Å². The Balaban J connectivity index is 1.70. The van der Waals surface area contributed by atoms with Gasteiger partial charge < -0.3 is 24.4 Å². The highest BCUT2D eigenvalue weighted by Crippen LogP contribution is 2.59. The number of anilines is 1. The Morgan fingerprint density at radius 3 is 2.46 bits per heavy atom. The maximum atomic E-state index is 14.4. The number of aliphatic hydroxyl groups is 1. The molecule has 4 heterocycles. The molecule has 37 heavy (non-hydrogen) atoms. The molecule has 0 radical (unpaired) electrons. The van der Waals surface area contributed by atoms with Crippen molar-refractivity contribution in [3.63, 3.8) is 0 Å². The van der Waals surface area contributed by atoms with E-state index in [0.29, 0.717) is 23.6 Å². The van der Waals surface area contributed by atoms with Crippen molar-refractivity contribution in [3.05, 3.63) is 53.6 Å². The molecule has 7 atom stereocenters. The predicted molar refractivity (Wildman–Crippen MR) is 138 cm³/mol. The number of nitrogens with zero attached hydrogens (tertiary/aromatic N) is 2. The number of benzene rings is 1. The van der Waals surface area contributed by atoms with Gasteiger partial charge in [-0.05, 0) is 42.7 Å². The number of aliphatic hydroxyl groups excluding tert-OH is 1. The maximum Gasteiger partial charge on any atom is 0.313 e. The molecule has 0 aromatic heterocycles. The minimum Gasteiger partial charge on any atom is -0.461 e. The lowest BCUT2D eigenvalue weighted by molar-refractivity contribution is -0.159. The number of halogens is 1. The number of likely N-dealkylation sites (tertiary alicyclic amines) is 1. The van der Waals surface area contributed by atoms with E-state index in [9.17, 15) is 19.5 Å². The first-order valence-electron chi connectivity index (χ1n) is 13.0. The van der Waals surface area contributed by atoms with E-state index in [1.807, 2.05) is 32.9 Å². The Morgan fingerprint density at radius 2 is 1.81 bits per heavy atom. The van der Waals surface area contributed by atoms with Crippen molar-refractivity contribution >= 4 is 35.1 Å². The number of ether oxygens (including phenoxy) is 2. The molecule has 198 valence electrons. The molecule has 1 aromatic carbocycles. The van der Waals surface area contributed by atoms with Crippen LogP contribution in [0.25, 0.3) is 0 Å². The molecular formula is C28H33ClN2O6. The first kappa shape index (κ1) is 25.9. The summed E-state index contributed by atoms with van der Waals surface area (Å²) in [6.45, 7) is 5.88. The molecule has 2 saturated heterocycles. The molecule has 5 rings (SSSR count). The Bertz CT molecular complexity index is 1150. The van der Waals surface area contributed by atoms with Gasteiger partial charge in [-0.3, -0.25) is 14.4 Å². The van der Waals surface area contributed by atoms with Gasteiger partial charge >= 0.3 is 5.97 Å². The van der Waals surface area contributed by atoms with Crippen LogP contribution in [-0.4, -0.2) is 70.8 Å². The average Bonchev–Trinajstić information content (AvgIpc) is 3.17. The van der Waals surface area contributed by atoms with Crippen LogP contribution < -0.4 is 4.90 Å². The number of hydrogen-bond acceptors (Lipinski definition) is 6. The first-order valence-corrected chi connectivity index (χ1v) is 13.3. The van der Waals surface area contributed by atoms with Gasteiger partial charge in [-0.25, -0.2) is 0 Å². The van der Waals surface area contributed by atoms with Gasteiger partial charge in [-0.1, -0.05) is 57.0 Å². The molecular weight excluding hydrogens is 496 g/mol. The third-order valence-electron chi connectivity index (χ3n) is 8.62. The minimum atomic E-state index is -1.39. The summed E-state index contributed by atoms with van der Waals surface area (Å²) < 4.78 is 12.3. The van der Waals surface area contributed by atoms with Crippen LogP contribution in [0.4, 0.5) is 5.69 Å². The summed E-state index contributed by atoms with van der Waals surface area (Å²) in [5, 5.41) is 11.0. The summed E-state index contributed by atoms with van der Waals surface area (Å²) in [7, 11) is 0. The van der Waals surface area contributed by atoms with Crippen LogP contribution >= 0.6 is 11.6 Å². The molecule has 2 fully saturated rings. The number of hydrogen-bond donors (Lipinski definition) is 1. The first-order chi connectivity index (χ1) is 17.7. The van der Waals surface area contributed by atoms with Gasteiger partial charge in [0.05, 0.1) is 18.6 Å². The van der Waals surface area contributed by atoms with Crippen molar-refractivity contribution in [3.8, 4) is 0 Å². The summed E-state index contributed by atoms with van der Waals surface area (Å²) in [6.07, 6.45) is 8.32. The second kappa shape index (κ2) is 9.57. The van der Waals surface area contributed by atoms with E-state index in [0.717, 1.165) is 0 Å². The van der Waals surface area contributed by atoms with E-state index < -0.39 is 41.1 Å². The minimum absolute atomic E-state index is 0.0919. The zero-order valence-electron chi connectivity index (χ0n) is 21.3. The van der Waals surface area contributed by atoms with Gasteiger partial charge in [0.1, 0.15) is 29.8 Å². The molecule has 1 aromatic rings. The molecule has 4 aliphatic rings. The van der Waals surface area contributed by atoms with Crippen LogP contribution in [0.15, 0.2) is 48.6 Å². The number of cyclic esters (lactones) is 1. The number of fused-ring (bicyclic) bond motifs is 2. The summed E-state index contributed by atoms with van der Waals surface area (Å²) in [6, 6.07) is 5.25. The van der Waals surface area contributed by atoms with Gasteiger partial charge in [0.15, 0.2) is 0 Å².